The maximum atomic E-state index is 13.1. The van der Waals surface area contributed by atoms with Crippen LogP contribution in [0.4, 0.5) is 20.2 Å². The first-order chi connectivity index (χ1) is 14.0. The van der Waals surface area contributed by atoms with Crippen LogP contribution in [0.1, 0.15) is 11.1 Å². The molecule has 3 rings (SSSR count). The third kappa shape index (κ3) is 4.77. The van der Waals surface area contributed by atoms with Gasteiger partial charge in [0.15, 0.2) is 0 Å². The first-order valence-electron chi connectivity index (χ1n) is 8.66. The zero-order valence-corrected chi connectivity index (χ0v) is 17.6. The number of anilines is 2. The van der Waals surface area contributed by atoms with Crippen LogP contribution in [0.3, 0.4) is 0 Å². The Morgan fingerprint density at radius 3 is 1.20 bits per heavy atom. The Labute approximate surface area is 173 Å². The van der Waals surface area contributed by atoms with E-state index in [4.69, 9.17) is 0 Å². The van der Waals surface area contributed by atoms with Crippen LogP contribution < -0.4 is 9.44 Å². The molecule has 3 aromatic rings. The summed E-state index contributed by atoms with van der Waals surface area (Å²) >= 11 is 0. The number of halogens is 2. The number of benzene rings is 3. The van der Waals surface area contributed by atoms with Gasteiger partial charge in [-0.25, -0.2) is 25.6 Å². The van der Waals surface area contributed by atoms with Crippen molar-refractivity contribution in [2.75, 3.05) is 9.44 Å². The Balaban J connectivity index is 2.01. The molecule has 0 amide bonds. The molecule has 0 fully saturated rings. The molecule has 0 aromatic heterocycles. The number of sulfonamides is 2. The highest BCUT2D eigenvalue weighted by Crippen LogP contribution is 2.30. The standard InChI is InChI=1S/C20H18F2N2O4S2/c1-13-11-19(23-29(25,26)17-7-3-15(21)4-8-17)20(12-14(13)2)24-30(27,28)18-9-5-16(22)6-10-18/h3-12,23-24H,1-2H3. The molecule has 0 saturated heterocycles. The molecule has 0 atom stereocenters. The third-order valence-electron chi connectivity index (χ3n) is 4.37. The number of hydrogen-bond donors (Lipinski definition) is 2. The van der Waals surface area contributed by atoms with Crippen molar-refractivity contribution in [2.24, 2.45) is 0 Å². The second kappa shape index (κ2) is 8.04. The van der Waals surface area contributed by atoms with Gasteiger partial charge in [-0.15, -0.1) is 0 Å². The topological polar surface area (TPSA) is 92.3 Å². The number of nitrogens with one attached hydrogen (secondary N) is 2. The van der Waals surface area contributed by atoms with Crippen LogP contribution in [0, 0.1) is 25.5 Å². The molecule has 0 saturated carbocycles. The van der Waals surface area contributed by atoms with Crippen molar-refractivity contribution in [2.45, 2.75) is 23.6 Å². The molecule has 2 N–H and O–H groups in total. The van der Waals surface area contributed by atoms with Crippen LogP contribution in [0.15, 0.2) is 70.5 Å². The lowest BCUT2D eigenvalue weighted by Gasteiger charge is -2.17. The molecule has 0 spiro atoms. The van der Waals surface area contributed by atoms with Gasteiger partial charge >= 0.3 is 0 Å². The van der Waals surface area contributed by atoms with Gasteiger partial charge in [0.05, 0.1) is 21.2 Å². The van der Waals surface area contributed by atoms with Crippen molar-refractivity contribution < 1.29 is 25.6 Å². The number of aryl methyl sites for hydroxylation is 2. The fourth-order valence-electron chi connectivity index (χ4n) is 2.62. The van der Waals surface area contributed by atoms with Crippen molar-refractivity contribution in [3.05, 3.63) is 83.4 Å². The lowest BCUT2D eigenvalue weighted by molar-refractivity contribution is 0.597. The summed E-state index contributed by atoms with van der Waals surface area (Å²) in [7, 11) is -8.22. The molecule has 0 heterocycles. The van der Waals surface area contributed by atoms with E-state index in [2.05, 4.69) is 9.44 Å². The second-order valence-electron chi connectivity index (χ2n) is 6.60. The summed E-state index contributed by atoms with van der Waals surface area (Å²) < 4.78 is 81.6. The molecule has 3 aromatic carbocycles. The van der Waals surface area contributed by atoms with E-state index >= 15 is 0 Å². The minimum absolute atomic E-state index is 0.00638. The Hall–Kier alpha value is -2.98. The maximum absolute atomic E-state index is 13.1. The largest absolute Gasteiger partial charge is 0.277 e. The first-order valence-corrected chi connectivity index (χ1v) is 11.6. The highest BCUT2D eigenvalue weighted by Gasteiger charge is 2.21. The molecule has 0 unspecified atom stereocenters. The van der Waals surface area contributed by atoms with Crippen LogP contribution >= 0.6 is 0 Å². The maximum Gasteiger partial charge on any atom is 0.261 e. The average molecular weight is 453 g/mol. The van der Waals surface area contributed by atoms with Crippen LogP contribution in [0.25, 0.3) is 0 Å². The smallest absolute Gasteiger partial charge is 0.261 e. The Kier molecular flexibility index (Phi) is 5.82. The van der Waals surface area contributed by atoms with Crippen LogP contribution in [-0.4, -0.2) is 16.8 Å². The van der Waals surface area contributed by atoms with E-state index in [0.717, 1.165) is 59.7 Å². The number of hydrogen-bond acceptors (Lipinski definition) is 4. The molecule has 0 radical (unpaired) electrons. The molecular weight excluding hydrogens is 434 g/mol. The summed E-state index contributed by atoms with van der Waals surface area (Å²) in [5.41, 5.74) is 1.43. The average Bonchev–Trinajstić information content (AvgIpc) is 2.66. The van der Waals surface area contributed by atoms with E-state index in [9.17, 15) is 25.6 Å². The highest BCUT2D eigenvalue weighted by molar-refractivity contribution is 7.93. The van der Waals surface area contributed by atoms with Gasteiger partial charge in [-0.1, -0.05) is 0 Å². The lowest BCUT2D eigenvalue weighted by atomic mass is 10.1. The van der Waals surface area contributed by atoms with Crippen molar-refractivity contribution in [3.8, 4) is 0 Å². The Bertz CT molecular complexity index is 1190. The molecule has 0 aliphatic heterocycles. The van der Waals surface area contributed by atoms with E-state index in [1.807, 2.05) is 0 Å². The predicted octanol–water partition coefficient (Wildman–Crippen LogP) is 4.18. The van der Waals surface area contributed by atoms with Crippen LogP contribution in [0.5, 0.6) is 0 Å². The molecule has 0 bridgehead atoms. The highest BCUT2D eigenvalue weighted by atomic mass is 32.2. The quantitative estimate of drug-likeness (QED) is 0.587. The van der Waals surface area contributed by atoms with Crippen molar-refractivity contribution >= 4 is 31.4 Å². The van der Waals surface area contributed by atoms with Gasteiger partial charge in [0.2, 0.25) is 0 Å². The molecule has 158 valence electrons. The second-order valence-corrected chi connectivity index (χ2v) is 9.97. The predicted molar refractivity (Wildman–Crippen MR) is 110 cm³/mol. The van der Waals surface area contributed by atoms with Crippen LogP contribution in [0.2, 0.25) is 0 Å². The van der Waals surface area contributed by atoms with E-state index in [1.54, 1.807) is 13.8 Å². The molecular formula is C20H18F2N2O4S2. The Morgan fingerprint density at radius 1 is 0.600 bits per heavy atom. The molecule has 6 nitrogen and oxygen atoms in total. The first kappa shape index (κ1) is 21.7. The molecule has 30 heavy (non-hydrogen) atoms. The zero-order chi connectivity index (χ0) is 22.1. The fourth-order valence-corrected chi connectivity index (χ4v) is 4.76. The van der Waals surface area contributed by atoms with Crippen molar-refractivity contribution in [3.63, 3.8) is 0 Å². The van der Waals surface area contributed by atoms with Gasteiger partial charge in [-0.2, -0.15) is 0 Å². The van der Waals surface area contributed by atoms with Gasteiger partial charge < -0.3 is 0 Å². The summed E-state index contributed by atoms with van der Waals surface area (Å²) in [6.45, 7) is 3.48. The van der Waals surface area contributed by atoms with E-state index in [-0.39, 0.29) is 21.2 Å². The van der Waals surface area contributed by atoms with Gasteiger partial charge in [0.25, 0.3) is 20.0 Å². The minimum Gasteiger partial charge on any atom is -0.277 e. The van der Waals surface area contributed by atoms with Gasteiger partial charge in [0.1, 0.15) is 11.6 Å². The fraction of sp³-hybridized carbons (Fsp3) is 0.100. The molecule has 0 aliphatic carbocycles. The number of rotatable bonds is 6. The third-order valence-corrected chi connectivity index (χ3v) is 7.13. The monoisotopic (exact) mass is 452 g/mol. The summed E-state index contributed by atoms with van der Waals surface area (Å²) in [5, 5.41) is 0. The van der Waals surface area contributed by atoms with Crippen molar-refractivity contribution in [1.29, 1.82) is 0 Å². The summed E-state index contributed by atoms with van der Waals surface area (Å²) in [6.07, 6.45) is 0. The zero-order valence-electron chi connectivity index (χ0n) is 16.0. The van der Waals surface area contributed by atoms with Gasteiger partial charge in [-0.3, -0.25) is 9.44 Å². The van der Waals surface area contributed by atoms with E-state index in [1.165, 1.54) is 12.1 Å². The SMILES string of the molecule is Cc1cc(NS(=O)(=O)c2ccc(F)cc2)c(NS(=O)(=O)c2ccc(F)cc2)cc1C. The van der Waals surface area contributed by atoms with E-state index < -0.39 is 31.7 Å². The Morgan fingerprint density at radius 2 is 0.900 bits per heavy atom. The van der Waals surface area contributed by atoms with Crippen molar-refractivity contribution in [1.82, 2.24) is 0 Å². The lowest BCUT2D eigenvalue weighted by Crippen LogP contribution is -2.18. The van der Waals surface area contributed by atoms with Gasteiger partial charge in [-0.05, 0) is 85.6 Å². The minimum atomic E-state index is -4.11. The van der Waals surface area contributed by atoms with Gasteiger partial charge in [0, 0.05) is 0 Å². The summed E-state index contributed by atoms with van der Waals surface area (Å²) in [4.78, 5) is -0.371. The van der Waals surface area contributed by atoms with Crippen LogP contribution in [-0.2, 0) is 20.0 Å². The summed E-state index contributed by atoms with van der Waals surface area (Å²) in [6, 6.07) is 11.4. The normalized spacial score (nSPS) is 11.9. The van der Waals surface area contributed by atoms with E-state index in [0.29, 0.717) is 0 Å². The summed E-state index contributed by atoms with van der Waals surface area (Å²) in [5.74, 6) is -1.18. The molecule has 10 heteroatoms. The molecule has 0 aliphatic rings.